The molecule has 0 spiro atoms. The Morgan fingerprint density at radius 1 is 1.25 bits per heavy atom. The van der Waals surface area contributed by atoms with E-state index in [1.165, 1.54) is 12.8 Å². The summed E-state index contributed by atoms with van der Waals surface area (Å²) in [7, 11) is 0. The molecular weight excluding hydrogens is 202 g/mol. The highest BCUT2D eigenvalue weighted by molar-refractivity contribution is 4.97. The summed E-state index contributed by atoms with van der Waals surface area (Å²) in [5, 5.41) is 14.2. The van der Waals surface area contributed by atoms with Gasteiger partial charge in [0, 0.05) is 12.1 Å². The molecule has 0 aromatic rings. The van der Waals surface area contributed by atoms with Gasteiger partial charge in [0.2, 0.25) is 0 Å². The van der Waals surface area contributed by atoms with Gasteiger partial charge in [0.1, 0.15) is 0 Å². The minimum absolute atomic E-state index is 0.367. The average molecular weight is 227 g/mol. The summed E-state index contributed by atoms with van der Waals surface area (Å²) in [6.07, 6.45) is 5.05. The number of fused-ring (bicyclic) bond motifs is 2. The highest BCUT2D eigenvalue weighted by Gasteiger charge is 2.41. The third-order valence-electron chi connectivity index (χ3n) is 4.19. The predicted octanol–water partition coefficient (Wildman–Crippen LogP) is 1.69. The highest BCUT2D eigenvalue weighted by atomic mass is 16.5. The van der Waals surface area contributed by atoms with E-state index in [9.17, 15) is 5.11 Å². The van der Waals surface area contributed by atoms with Crippen LogP contribution in [0.3, 0.4) is 0 Å². The van der Waals surface area contributed by atoms with E-state index >= 15 is 0 Å². The smallest absolute Gasteiger partial charge is 0.0681 e. The number of morpholine rings is 1. The van der Waals surface area contributed by atoms with Crippen molar-refractivity contribution in [2.24, 2.45) is 5.92 Å². The number of nitrogens with one attached hydrogen (secondary N) is 1. The number of aliphatic hydroxyl groups is 1. The van der Waals surface area contributed by atoms with Gasteiger partial charge in [-0.1, -0.05) is 26.7 Å². The van der Waals surface area contributed by atoms with E-state index in [1.807, 2.05) is 0 Å². The van der Waals surface area contributed by atoms with E-state index in [4.69, 9.17) is 4.74 Å². The van der Waals surface area contributed by atoms with Crippen LogP contribution >= 0.6 is 0 Å². The molecular formula is C13H25NO2. The summed E-state index contributed by atoms with van der Waals surface area (Å²) in [4.78, 5) is 0. The summed E-state index contributed by atoms with van der Waals surface area (Å²) in [6, 6.07) is 0.735. The Hall–Kier alpha value is -0.120. The Balaban J connectivity index is 1.96. The van der Waals surface area contributed by atoms with E-state index < -0.39 is 5.60 Å². The Morgan fingerprint density at radius 3 is 2.31 bits per heavy atom. The molecule has 2 heterocycles. The molecule has 2 saturated heterocycles. The van der Waals surface area contributed by atoms with Gasteiger partial charge in [-0.2, -0.15) is 0 Å². The van der Waals surface area contributed by atoms with Crippen molar-refractivity contribution in [3.8, 4) is 0 Å². The normalized spacial score (nSPS) is 39.0. The molecule has 2 fully saturated rings. The molecule has 2 aliphatic heterocycles. The van der Waals surface area contributed by atoms with Crippen molar-refractivity contribution < 1.29 is 9.84 Å². The molecule has 2 rings (SSSR count). The van der Waals surface area contributed by atoms with Gasteiger partial charge in [0.05, 0.1) is 18.8 Å². The second-order valence-electron chi connectivity index (χ2n) is 5.62. The topological polar surface area (TPSA) is 41.5 Å². The second kappa shape index (κ2) is 5.03. The molecule has 94 valence electrons. The van der Waals surface area contributed by atoms with Crippen LogP contribution < -0.4 is 5.32 Å². The van der Waals surface area contributed by atoms with E-state index in [2.05, 4.69) is 19.2 Å². The fraction of sp³-hybridized carbons (Fsp3) is 1.00. The predicted molar refractivity (Wildman–Crippen MR) is 64.4 cm³/mol. The monoisotopic (exact) mass is 227 g/mol. The zero-order valence-corrected chi connectivity index (χ0v) is 10.5. The highest BCUT2D eigenvalue weighted by Crippen LogP contribution is 2.34. The van der Waals surface area contributed by atoms with E-state index in [1.54, 1.807) is 0 Å². The first-order valence-electron chi connectivity index (χ1n) is 6.71. The standard InChI is InChI=1S/C13H25NO2/c1-3-10(4-2)5-13(15)6-11-8-16-9-12(7-13)14-11/h10-12,14-15H,3-9H2,1-2H3. The van der Waals surface area contributed by atoms with Crippen molar-refractivity contribution in [3.63, 3.8) is 0 Å². The molecule has 0 aliphatic carbocycles. The van der Waals surface area contributed by atoms with Crippen LogP contribution in [-0.4, -0.2) is 36.0 Å². The van der Waals surface area contributed by atoms with Crippen molar-refractivity contribution in [1.82, 2.24) is 5.32 Å². The van der Waals surface area contributed by atoms with Crippen LogP contribution in [0.25, 0.3) is 0 Å². The lowest BCUT2D eigenvalue weighted by Gasteiger charge is -2.46. The minimum Gasteiger partial charge on any atom is -0.390 e. The van der Waals surface area contributed by atoms with Gasteiger partial charge in [0.25, 0.3) is 0 Å². The van der Waals surface area contributed by atoms with Crippen LogP contribution in [0.5, 0.6) is 0 Å². The SMILES string of the molecule is CCC(CC)CC1(O)CC2COCC(C1)N2. The number of hydrogen-bond donors (Lipinski definition) is 2. The van der Waals surface area contributed by atoms with E-state index in [0.717, 1.165) is 32.5 Å². The third-order valence-corrected chi connectivity index (χ3v) is 4.19. The summed E-state index contributed by atoms with van der Waals surface area (Å²) in [6.45, 7) is 5.98. The number of ether oxygens (including phenoxy) is 1. The molecule has 0 amide bonds. The zero-order valence-electron chi connectivity index (χ0n) is 10.5. The molecule has 2 bridgehead atoms. The Labute approximate surface area is 98.6 Å². The fourth-order valence-electron chi connectivity index (χ4n) is 3.30. The van der Waals surface area contributed by atoms with Gasteiger partial charge < -0.3 is 15.2 Å². The minimum atomic E-state index is -0.443. The van der Waals surface area contributed by atoms with Gasteiger partial charge in [-0.25, -0.2) is 0 Å². The number of hydrogen-bond acceptors (Lipinski definition) is 3. The first-order chi connectivity index (χ1) is 7.65. The van der Waals surface area contributed by atoms with E-state index in [0.29, 0.717) is 18.0 Å². The van der Waals surface area contributed by atoms with Crippen molar-refractivity contribution in [3.05, 3.63) is 0 Å². The van der Waals surface area contributed by atoms with Gasteiger partial charge >= 0.3 is 0 Å². The maximum absolute atomic E-state index is 10.7. The number of rotatable bonds is 4. The fourth-order valence-corrected chi connectivity index (χ4v) is 3.30. The van der Waals surface area contributed by atoms with E-state index in [-0.39, 0.29) is 0 Å². The van der Waals surface area contributed by atoms with Crippen LogP contribution in [0.4, 0.5) is 0 Å². The maximum Gasteiger partial charge on any atom is 0.0681 e. The largest absolute Gasteiger partial charge is 0.390 e. The second-order valence-corrected chi connectivity index (χ2v) is 5.62. The quantitative estimate of drug-likeness (QED) is 0.768. The lowest BCUT2D eigenvalue weighted by atomic mass is 9.76. The summed E-state index contributed by atoms with van der Waals surface area (Å²) in [5.41, 5.74) is -0.443. The van der Waals surface area contributed by atoms with Gasteiger partial charge in [-0.3, -0.25) is 0 Å². The molecule has 0 aromatic heterocycles. The molecule has 3 heteroatoms. The summed E-state index contributed by atoms with van der Waals surface area (Å²) in [5.74, 6) is 0.671. The van der Waals surface area contributed by atoms with Crippen molar-refractivity contribution in [2.45, 2.75) is 63.6 Å². The Morgan fingerprint density at radius 2 is 1.81 bits per heavy atom. The van der Waals surface area contributed by atoms with Crippen LogP contribution in [0, 0.1) is 5.92 Å². The number of piperidine rings is 1. The molecule has 0 aromatic carbocycles. The average Bonchev–Trinajstić information content (AvgIpc) is 2.25. The molecule has 3 nitrogen and oxygen atoms in total. The Kier molecular flexibility index (Phi) is 3.88. The van der Waals surface area contributed by atoms with Crippen molar-refractivity contribution in [2.75, 3.05) is 13.2 Å². The van der Waals surface area contributed by atoms with Crippen molar-refractivity contribution in [1.29, 1.82) is 0 Å². The molecule has 0 saturated carbocycles. The van der Waals surface area contributed by atoms with Crippen molar-refractivity contribution >= 4 is 0 Å². The van der Waals surface area contributed by atoms with Gasteiger partial charge in [-0.15, -0.1) is 0 Å². The van der Waals surface area contributed by atoms with Gasteiger partial charge in [0.15, 0.2) is 0 Å². The summed E-state index contributed by atoms with van der Waals surface area (Å²) < 4.78 is 5.51. The lowest BCUT2D eigenvalue weighted by molar-refractivity contribution is -0.0871. The zero-order chi connectivity index (χ0) is 11.6. The van der Waals surface area contributed by atoms with Crippen LogP contribution in [-0.2, 0) is 4.74 Å². The van der Waals surface area contributed by atoms with Crippen LogP contribution in [0.2, 0.25) is 0 Å². The molecule has 2 N–H and O–H groups in total. The first-order valence-corrected chi connectivity index (χ1v) is 6.71. The molecule has 2 aliphatic rings. The van der Waals surface area contributed by atoms with Gasteiger partial charge in [-0.05, 0) is 25.2 Å². The lowest BCUT2D eigenvalue weighted by Crippen LogP contribution is -2.60. The Bertz CT molecular complexity index is 216. The third kappa shape index (κ3) is 2.76. The van der Waals surface area contributed by atoms with Crippen LogP contribution in [0.1, 0.15) is 46.0 Å². The summed E-state index contributed by atoms with van der Waals surface area (Å²) >= 11 is 0. The first kappa shape index (κ1) is 12.3. The van der Waals surface area contributed by atoms with Crippen LogP contribution in [0.15, 0.2) is 0 Å². The molecule has 2 atom stereocenters. The maximum atomic E-state index is 10.7. The molecule has 2 unspecified atom stereocenters. The molecule has 0 radical (unpaired) electrons. The molecule has 16 heavy (non-hydrogen) atoms.